The summed E-state index contributed by atoms with van der Waals surface area (Å²) >= 11 is 0. The summed E-state index contributed by atoms with van der Waals surface area (Å²) in [6.07, 6.45) is 0. The van der Waals surface area contributed by atoms with Crippen LogP contribution in [0.2, 0.25) is 0 Å². The second kappa shape index (κ2) is 6.20. The number of rotatable bonds is 1. The van der Waals surface area contributed by atoms with Crippen LogP contribution in [-0.2, 0) is 9.59 Å². The number of piperazine rings is 1. The van der Waals surface area contributed by atoms with E-state index in [-0.39, 0.29) is 25.6 Å². The molecule has 1 heterocycles. The van der Waals surface area contributed by atoms with Gasteiger partial charge in [0.1, 0.15) is 19.7 Å². The SMILES string of the molecule is Cc1c(C#CCO)cccc1C(=O)N1CC(=O)NC(=O)C1. The number of imide groups is 1. The van der Waals surface area contributed by atoms with Crippen LogP contribution in [-0.4, -0.2) is 47.4 Å². The van der Waals surface area contributed by atoms with Crippen molar-refractivity contribution in [3.8, 4) is 11.8 Å². The first-order valence-corrected chi connectivity index (χ1v) is 6.34. The van der Waals surface area contributed by atoms with Crippen LogP contribution in [0.3, 0.4) is 0 Å². The van der Waals surface area contributed by atoms with Gasteiger partial charge in [-0.05, 0) is 24.6 Å². The number of carbonyl (C=O) groups excluding carboxylic acids is 3. The molecular formula is C15H14N2O4. The van der Waals surface area contributed by atoms with Crippen LogP contribution in [0.1, 0.15) is 21.5 Å². The molecule has 2 N–H and O–H groups in total. The third kappa shape index (κ3) is 3.27. The summed E-state index contributed by atoms with van der Waals surface area (Å²) in [4.78, 5) is 36.3. The van der Waals surface area contributed by atoms with E-state index in [2.05, 4.69) is 17.2 Å². The van der Waals surface area contributed by atoms with Crippen molar-refractivity contribution in [2.45, 2.75) is 6.92 Å². The molecule has 3 amide bonds. The lowest BCUT2D eigenvalue weighted by molar-refractivity contribution is -0.135. The van der Waals surface area contributed by atoms with E-state index < -0.39 is 11.8 Å². The average Bonchev–Trinajstić information content (AvgIpc) is 2.44. The number of nitrogens with one attached hydrogen (secondary N) is 1. The highest BCUT2D eigenvalue weighted by Crippen LogP contribution is 2.16. The normalized spacial score (nSPS) is 14.3. The highest BCUT2D eigenvalue weighted by molar-refractivity contribution is 6.06. The summed E-state index contributed by atoms with van der Waals surface area (Å²) in [5.41, 5.74) is 1.67. The van der Waals surface area contributed by atoms with Crippen LogP contribution >= 0.6 is 0 Å². The largest absolute Gasteiger partial charge is 0.384 e. The monoisotopic (exact) mass is 286 g/mol. The lowest BCUT2D eigenvalue weighted by Gasteiger charge is -2.26. The lowest BCUT2D eigenvalue weighted by Crippen LogP contribution is -2.53. The number of hydrogen-bond donors (Lipinski definition) is 2. The molecule has 0 aromatic heterocycles. The summed E-state index contributed by atoms with van der Waals surface area (Å²) in [6.45, 7) is 1.19. The van der Waals surface area contributed by atoms with Crippen LogP contribution < -0.4 is 5.32 Å². The number of nitrogens with zero attached hydrogens (tertiary/aromatic N) is 1. The number of benzene rings is 1. The molecule has 0 unspecified atom stereocenters. The van der Waals surface area contributed by atoms with Gasteiger partial charge in [0.25, 0.3) is 5.91 Å². The molecule has 21 heavy (non-hydrogen) atoms. The first-order valence-electron chi connectivity index (χ1n) is 6.34. The summed E-state index contributed by atoms with van der Waals surface area (Å²) in [7, 11) is 0. The Kier molecular flexibility index (Phi) is 4.36. The third-order valence-electron chi connectivity index (χ3n) is 3.10. The highest BCUT2D eigenvalue weighted by atomic mass is 16.2. The Labute approximate surface area is 121 Å². The molecule has 1 aromatic carbocycles. The Morgan fingerprint density at radius 2 is 2.00 bits per heavy atom. The molecule has 0 bridgehead atoms. The van der Waals surface area contributed by atoms with Crippen LogP contribution in [0.4, 0.5) is 0 Å². The molecular weight excluding hydrogens is 272 g/mol. The van der Waals surface area contributed by atoms with Gasteiger partial charge in [-0.1, -0.05) is 17.9 Å². The second-order valence-electron chi connectivity index (χ2n) is 4.57. The number of amides is 3. The topological polar surface area (TPSA) is 86.7 Å². The fraction of sp³-hybridized carbons (Fsp3) is 0.267. The Balaban J connectivity index is 2.31. The third-order valence-corrected chi connectivity index (χ3v) is 3.10. The Morgan fingerprint density at radius 3 is 2.62 bits per heavy atom. The number of aliphatic hydroxyl groups is 1. The number of aliphatic hydroxyl groups excluding tert-OH is 1. The van der Waals surface area contributed by atoms with E-state index >= 15 is 0 Å². The molecule has 1 aliphatic heterocycles. The van der Waals surface area contributed by atoms with Crippen LogP contribution in [0.15, 0.2) is 18.2 Å². The van der Waals surface area contributed by atoms with Gasteiger partial charge in [0.05, 0.1) is 0 Å². The Morgan fingerprint density at radius 1 is 1.33 bits per heavy atom. The molecule has 0 spiro atoms. The van der Waals surface area contributed by atoms with E-state index in [0.29, 0.717) is 16.7 Å². The molecule has 2 rings (SSSR count). The van der Waals surface area contributed by atoms with Gasteiger partial charge in [0.15, 0.2) is 0 Å². The van der Waals surface area contributed by atoms with Crippen LogP contribution in [0.25, 0.3) is 0 Å². The smallest absolute Gasteiger partial charge is 0.255 e. The maximum Gasteiger partial charge on any atom is 0.255 e. The predicted molar refractivity (Wildman–Crippen MR) is 74.2 cm³/mol. The quantitative estimate of drug-likeness (QED) is 0.535. The predicted octanol–water partition coefficient (Wildman–Crippen LogP) is -0.563. The molecule has 0 atom stereocenters. The Bertz CT molecular complexity index is 654. The van der Waals surface area contributed by atoms with Crippen molar-refractivity contribution in [2.24, 2.45) is 0 Å². The molecule has 1 fully saturated rings. The average molecular weight is 286 g/mol. The molecule has 1 aliphatic rings. The van der Waals surface area contributed by atoms with E-state index in [1.165, 1.54) is 4.90 Å². The van der Waals surface area contributed by atoms with Crippen molar-refractivity contribution in [1.29, 1.82) is 0 Å². The molecule has 0 saturated carbocycles. The number of hydrogen-bond acceptors (Lipinski definition) is 4. The van der Waals surface area contributed by atoms with E-state index in [4.69, 9.17) is 5.11 Å². The van der Waals surface area contributed by atoms with E-state index in [1.54, 1.807) is 25.1 Å². The number of carbonyl (C=O) groups is 3. The van der Waals surface area contributed by atoms with Gasteiger partial charge in [-0.2, -0.15) is 0 Å². The summed E-state index contributed by atoms with van der Waals surface area (Å²) in [5.74, 6) is 3.92. The molecule has 108 valence electrons. The van der Waals surface area contributed by atoms with Gasteiger partial charge < -0.3 is 10.0 Å². The van der Waals surface area contributed by atoms with E-state index in [0.717, 1.165) is 0 Å². The first-order chi connectivity index (χ1) is 10.0. The standard InChI is InChI=1S/C15H14N2O4/c1-10-11(5-3-7-18)4-2-6-12(10)15(21)17-8-13(19)16-14(20)9-17/h2,4,6,18H,7-9H2,1H3,(H,16,19,20). The zero-order valence-electron chi connectivity index (χ0n) is 11.5. The van der Waals surface area contributed by atoms with Crippen molar-refractivity contribution in [3.63, 3.8) is 0 Å². The molecule has 0 radical (unpaired) electrons. The minimum absolute atomic E-state index is 0.142. The molecule has 1 aromatic rings. The second-order valence-corrected chi connectivity index (χ2v) is 4.57. The van der Waals surface area contributed by atoms with Crippen molar-refractivity contribution in [3.05, 3.63) is 34.9 Å². The fourth-order valence-electron chi connectivity index (χ4n) is 2.09. The van der Waals surface area contributed by atoms with Crippen molar-refractivity contribution in [1.82, 2.24) is 10.2 Å². The summed E-state index contributed by atoms with van der Waals surface area (Å²) < 4.78 is 0. The minimum atomic E-state index is -0.492. The first kappa shape index (κ1) is 14.8. The zero-order chi connectivity index (χ0) is 15.4. The lowest BCUT2D eigenvalue weighted by atomic mass is 10.0. The maximum atomic E-state index is 12.4. The van der Waals surface area contributed by atoms with E-state index in [1.807, 2.05) is 0 Å². The van der Waals surface area contributed by atoms with Crippen LogP contribution in [0.5, 0.6) is 0 Å². The van der Waals surface area contributed by atoms with Crippen molar-refractivity contribution in [2.75, 3.05) is 19.7 Å². The van der Waals surface area contributed by atoms with Gasteiger partial charge in [-0.3, -0.25) is 19.7 Å². The summed E-state index contributed by atoms with van der Waals surface area (Å²) in [6, 6.07) is 5.04. The molecule has 0 aliphatic carbocycles. The van der Waals surface area contributed by atoms with Gasteiger partial charge in [-0.15, -0.1) is 0 Å². The van der Waals surface area contributed by atoms with Gasteiger partial charge in [0.2, 0.25) is 11.8 Å². The maximum absolute atomic E-state index is 12.4. The zero-order valence-corrected chi connectivity index (χ0v) is 11.5. The van der Waals surface area contributed by atoms with Crippen LogP contribution in [0, 0.1) is 18.8 Å². The summed E-state index contributed by atoms with van der Waals surface area (Å²) in [5, 5.41) is 10.9. The molecule has 6 nitrogen and oxygen atoms in total. The Hall–Kier alpha value is -2.65. The molecule has 1 saturated heterocycles. The van der Waals surface area contributed by atoms with Crippen molar-refractivity contribution >= 4 is 17.7 Å². The molecule has 6 heteroatoms. The highest BCUT2D eigenvalue weighted by Gasteiger charge is 2.27. The van der Waals surface area contributed by atoms with Gasteiger partial charge >= 0.3 is 0 Å². The van der Waals surface area contributed by atoms with Gasteiger partial charge in [-0.25, -0.2) is 0 Å². The van der Waals surface area contributed by atoms with E-state index in [9.17, 15) is 14.4 Å². The fourth-order valence-corrected chi connectivity index (χ4v) is 2.09. The van der Waals surface area contributed by atoms with Gasteiger partial charge in [0, 0.05) is 11.1 Å². The minimum Gasteiger partial charge on any atom is -0.384 e. The van der Waals surface area contributed by atoms with Crippen molar-refractivity contribution < 1.29 is 19.5 Å².